The van der Waals surface area contributed by atoms with Crippen LogP contribution in [0.1, 0.15) is 138 Å². The Bertz CT molecular complexity index is 3410. The first-order valence-electron chi connectivity index (χ1n) is 29.4. The highest BCUT2D eigenvalue weighted by atomic mass is 16.6. The van der Waals surface area contributed by atoms with Gasteiger partial charge < -0.3 is 59.1 Å². The van der Waals surface area contributed by atoms with Crippen LogP contribution in [0.5, 0.6) is 0 Å². The molecular weight excluding hydrogens is 1130 g/mol. The molecule has 14 atom stereocenters. The fourth-order valence-corrected chi connectivity index (χ4v) is 13.6. The number of fused-ring (bicyclic) bond motifs is 5. The lowest BCUT2D eigenvalue weighted by molar-refractivity contribution is -0.345. The molecule has 9 rings (SSSR count). The van der Waals surface area contributed by atoms with Crippen molar-refractivity contribution in [2.24, 2.45) is 16.7 Å². The van der Waals surface area contributed by atoms with Gasteiger partial charge in [-0.2, -0.15) is 0 Å². The Labute approximate surface area is 502 Å². The summed E-state index contributed by atoms with van der Waals surface area (Å²) in [6.07, 6.45) is -10.7. The van der Waals surface area contributed by atoms with Crippen LogP contribution in [-0.2, 0) is 58.9 Å². The average Bonchev–Trinajstić information content (AvgIpc) is 0.708. The molecule has 0 radical (unpaired) electrons. The largest absolute Gasteiger partial charge is 0.456 e. The maximum absolute atomic E-state index is 16.4. The lowest BCUT2D eigenvalue weighted by Gasteiger charge is -2.67. The van der Waals surface area contributed by atoms with E-state index in [4.69, 9.17) is 33.2 Å². The van der Waals surface area contributed by atoms with Crippen molar-refractivity contribution in [2.45, 2.75) is 179 Å². The molecule has 3 heterocycles. The van der Waals surface area contributed by atoms with Crippen molar-refractivity contribution < 1.29 is 82.0 Å². The fourth-order valence-electron chi connectivity index (χ4n) is 13.6. The van der Waals surface area contributed by atoms with Crippen LogP contribution in [0.3, 0.4) is 0 Å². The van der Waals surface area contributed by atoms with Crippen LogP contribution < -0.4 is 21.9 Å². The van der Waals surface area contributed by atoms with Crippen LogP contribution in [0.4, 0.5) is 4.79 Å². The lowest BCUT2D eigenvalue weighted by atomic mass is 9.44. The molecule has 2 saturated heterocycles. The predicted molar refractivity (Wildman–Crippen MR) is 308 cm³/mol. The first-order chi connectivity index (χ1) is 41.2. The van der Waals surface area contributed by atoms with E-state index in [9.17, 15) is 53.7 Å². The highest BCUT2D eigenvalue weighted by Gasteiger charge is 2.79. The topological polar surface area (TPSA) is 313 Å². The number of benzene rings is 3. The number of hydrogen-bond donors (Lipinski definition) is 5. The molecule has 4 fully saturated rings. The summed E-state index contributed by atoms with van der Waals surface area (Å²) >= 11 is 0. The number of alkyl carbamates (subject to hydrolysis) is 1. The normalized spacial score (nSPS) is 29.5. The second kappa shape index (κ2) is 25.5. The lowest BCUT2D eigenvalue weighted by Crippen LogP contribution is -2.82. The van der Waals surface area contributed by atoms with Crippen LogP contribution >= 0.6 is 0 Å². The number of nitrogens with one attached hydrogen (secondary N) is 2. The number of aliphatic hydroxyl groups is 3. The summed E-state index contributed by atoms with van der Waals surface area (Å²) in [7, 11) is 0. The molecule has 2 bridgehead atoms. The van der Waals surface area contributed by atoms with E-state index in [-0.39, 0.29) is 48.2 Å². The summed E-state index contributed by atoms with van der Waals surface area (Å²) in [6, 6.07) is 22.6. The average molecular weight is 1210 g/mol. The summed E-state index contributed by atoms with van der Waals surface area (Å²) in [4.78, 5) is 127. The minimum atomic E-state index is -2.53. The van der Waals surface area contributed by atoms with E-state index in [1.54, 1.807) is 92.7 Å². The second-order valence-electron chi connectivity index (χ2n) is 24.1. The van der Waals surface area contributed by atoms with Crippen molar-refractivity contribution in [1.82, 2.24) is 19.8 Å². The Balaban J connectivity index is 1.04. The van der Waals surface area contributed by atoms with Gasteiger partial charge in [-0.25, -0.2) is 19.2 Å². The quantitative estimate of drug-likeness (QED) is 0.0356. The van der Waals surface area contributed by atoms with Crippen molar-refractivity contribution in [3.8, 4) is 0 Å². The zero-order valence-corrected chi connectivity index (χ0v) is 49.9. The minimum absolute atomic E-state index is 0.00841. The summed E-state index contributed by atoms with van der Waals surface area (Å²) < 4.78 is 45.8. The number of unbranched alkanes of at least 4 members (excludes halogenated alkanes) is 3. The van der Waals surface area contributed by atoms with Crippen molar-refractivity contribution in [3.63, 3.8) is 0 Å². The molecule has 3 aliphatic carbocycles. The number of hydrogen-bond acceptors (Lipinski definition) is 19. The third-order valence-electron chi connectivity index (χ3n) is 18.3. The van der Waals surface area contributed by atoms with E-state index in [2.05, 4.69) is 10.6 Å². The van der Waals surface area contributed by atoms with Crippen molar-refractivity contribution in [2.75, 3.05) is 13.2 Å². The van der Waals surface area contributed by atoms with Crippen LogP contribution in [0, 0.1) is 23.7 Å². The number of rotatable bonds is 19. The Morgan fingerprint density at radius 3 is 2.02 bits per heavy atom. The first-order valence-corrected chi connectivity index (χ1v) is 29.4. The Morgan fingerprint density at radius 1 is 0.793 bits per heavy atom. The Morgan fingerprint density at radius 2 is 1.43 bits per heavy atom. The van der Waals surface area contributed by atoms with Gasteiger partial charge in [0.25, 0.3) is 11.5 Å². The van der Waals surface area contributed by atoms with Crippen LogP contribution in [-0.4, -0.2) is 139 Å². The van der Waals surface area contributed by atoms with Crippen LogP contribution in [0.15, 0.2) is 118 Å². The van der Waals surface area contributed by atoms with Crippen LogP contribution in [0.2, 0.25) is 0 Å². The first kappa shape index (κ1) is 63.7. The van der Waals surface area contributed by atoms with E-state index >= 15 is 4.79 Å². The highest BCUT2D eigenvalue weighted by molar-refractivity contribution is 5.96. The number of Topliss-reactive ketones (excluding diaryl/α,β-unsaturated/α-hetero) is 1. The van der Waals surface area contributed by atoms with Gasteiger partial charge in [0, 0.05) is 68.9 Å². The molecule has 23 heteroatoms. The predicted octanol–water partition coefficient (Wildman–Crippen LogP) is 5.03. The maximum Gasteiger partial charge on any atom is 0.407 e. The van der Waals surface area contributed by atoms with Gasteiger partial charge in [-0.05, 0) is 81.5 Å². The number of aliphatic hydroxyl groups excluding tert-OH is 2. The zero-order valence-electron chi connectivity index (χ0n) is 49.9. The van der Waals surface area contributed by atoms with Gasteiger partial charge >= 0.3 is 35.7 Å². The zero-order chi connectivity index (χ0) is 62.9. The number of aromatic nitrogens is 2. The fraction of sp³-hybridized carbons (Fsp3) is 0.516. The highest BCUT2D eigenvalue weighted by Crippen LogP contribution is 2.65. The summed E-state index contributed by atoms with van der Waals surface area (Å²) in [6.45, 7) is 11.2. The summed E-state index contributed by atoms with van der Waals surface area (Å²) in [5, 5.41) is 41.9. The molecule has 1 aromatic heterocycles. The summed E-state index contributed by atoms with van der Waals surface area (Å²) in [5.41, 5.74) is -8.53. The molecular formula is C64H76N4O19. The number of esters is 4. The molecule has 466 valence electrons. The monoisotopic (exact) mass is 1200 g/mol. The maximum atomic E-state index is 16.4. The molecule has 5 N–H and O–H groups in total. The second-order valence-corrected chi connectivity index (χ2v) is 24.1. The minimum Gasteiger partial charge on any atom is -0.456 e. The van der Waals surface area contributed by atoms with E-state index < -0.39 is 155 Å². The van der Waals surface area contributed by atoms with E-state index in [1.807, 2.05) is 0 Å². The molecule has 2 unspecified atom stereocenters. The standard InChI is InChI=1S/C64H76N4O19/c1-35-33-68(47-30-43(71)37(3)82-47)60(79)67(56(35)75)29-21-10-9-20-28-65-59(78)85-45-31-46-63(34-81-46,87-39(5)70)52-54(86-57(76)42-26-18-13-19-27-42)64(80)32-44(36(2)48(61(64,6)7)51(83-38(4)69)53(73)62(45,52)8)84-58(77)50(72)49(40-22-14-11-15-23-40)66-55(74)41-24-16-12-17-25-41/h11-19,22-27,33,37,43-47,49-52,54,71-72,80H,9-10,20-21,28-32,34H2,1-8H3,(H,65,78)(H,66,74)/t37-,43?,44-,45-,46+,47-,49-,50+,51+,52-,54-,62?,63-,64+/m0/s1. The Kier molecular flexibility index (Phi) is 18.6. The van der Waals surface area contributed by atoms with Crippen LogP contribution in [0.25, 0.3) is 0 Å². The SMILES string of the molecule is CC(=O)O[C@H]1C(=O)C2(C)[C@@H](OC(=O)NCCCCCCn3c(=O)c(C)cn([C@@H]4CC(O)[C@H](C)O4)c3=O)C[C@H]3OC[C@@]3(OC(C)=O)[C@H]2[C@H](OC(=O)c2ccccc2)[C@]2(O)C[C@H](OC(=O)[C@H](O)[C@@H](NC(=O)c3ccccc3)c3ccccc3)C(C)=C1C2(C)C. The third kappa shape index (κ3) is 12.2. The van der Waals surface area contributed by atoms with E-state index in [1.165, 1.54) is 50.6 Å². The van der Waals surface area contributed by atoms with Gasteiger partial charge in [0.15, 0.2) is 23.6 Å². The number of ether oxygens (including phenoxy) is 7. The smallest absolute Gasteiger partial charge is 0.407 e. The molecule has 0 spiro atoms. The number of aryl methyl sites for hydroxylation is 1. The molecule has 3 aromatic carbocycles. The van der Waals surface area contributed by atoms with E-state index in [0.717, 1.165) is 18.4 Å². The van der Waals surface area contributed by atoms with Crippen molar-refractivity contribution in [3.05, 3.63) is 151 Å². The molecule has 23 nitrogen and oxygen atoms in total. The number of ketones is 1. The van der Waals surface area contributed by atoms with Gasteiger partial charge in [0.1, 0.15) is 36.2 Å². The molecule has 2 saturated carbocycles. The molecule has 87 heavy (non-hydrogen) atoms. The van der Waals surface area contributed by atoms with Crippen molar-refractivity contribution >= 4 is 41.7 Å². The molecule has 5 aliphatic rings. The van der Waals surface area contributed by atoms with Gasteiger partial charge in [0.2, 0.25) is 0 Å². The number of carbonyl (C=O) groups excluding carboxylic acids is 7. The van der Waals surface area contributed by atoms with Gasteiger partial charge in [0.05, 0.1) is 41.8 Å². The van der Waals surface area contributed by atoms with Gasteiger partial charge in [-0.3, -0.25) is 33.1 Å². The van der Waals surface area contributed by atoms with Crippen molar-refractivity contribution in [1.29, 1.82) is 0 Å². The Hall–Kier alpha value is -7.83. The molecule has 2 aliphatic heterocycles. The number of amides is 2. The van der Waals surface area contributed by atoms with E-state index in [0.29, 0.717) is 36.8 Å². The molecule has 4 aromatic rings. The van der Waals surface area contributed by atoms with Gasteiger partial charge in [-0.1, -0.05) is 93.4 Å². The summed E-state index contributed by atoms with van der Waals surface area (Å²) in [5.74, 6) is -7.35. The molecule has 2 amide bonds. The third-order valence-corrected chi connectivity index (χ3v) is 18.3. The number of nitrogens with zero attached hydrogens (tertiary/aromatic N) is 2. The van der Waals surface area contributed by atoms with Gasteiger partial charge in [-0.15, -0.1) is 0 Å². The number of carbonyl (C=O) groups is 7.